The summed E-state index contributed by atoms with van der Waals surface area (Å²) >= 11 is 0. The summed E-state index contributed by atoms with van der Waals surface area (Å²) in [5, 5.41) is 7.24. The Kier molecular flexibility index (Phi) is 3.36. The first-order chi connectivity index (χ1) is 11.2. The Morgan fingerprint density at radius 1 is 1.43 bits per heavy atom. The Morgan fingerprint density at radius 3 is 3.13 bits per heavy atom. The SMILES string of the molecule is Cn1nccc1CCNC(=O)[C@@H]1C[C@]12CCOc1ccccc12. The first-order valence-corrected chi connectivity index (χ1v) is 8.18. The van der Waals surface area contributed by atoms with Crippen molar-refractivity contribution in [2.75, 3.05) is 13.2 Å². The fraction of sp³-hybridized carbons (Fsp3) is 0.444. The third-order valence-electron chi connectivity index (χ3n) is 5.22. The Labute approximate surface area is 135 Å². The second kappa shape index (κ2) is 5.41. The Balaban J connectivity index is 1.39. The zero-order chi connectivity index (χ0) is 15.9. The van der Waals surface area contributed by atoms with Gasteiger partial charge >= 0.3 is 0 Å². The molecule has 1 aliphatic heterocycles. The van der Waals surface area contributed by atoms with Gasteiger partial charge in [-0.3, -0.25) is 9.48 Å². The van der Waals surface area contributed by atoms with Crippen LogP contribution in [0.2, 0.25) is 0 Å². The summed E-state index contributed by atoms with van der Waals surface area (Å²) in [4.78, 5) is 12.5. The number of carbonyl (C=O) groups is 1. The molecule has 1 fully saturated rings. The number of fused-ring (bicyclic) bond motifs is 2. The van der Waals surface area contributed by atoms with Crippen molar-refractivity contribution < 1.29 is 9.53 Å². The van der Waals surface area contributed by atoms with Crippen LogP contribution in [0.1, 0.15) is 24.1 Å². The van der Waals surface area contributed by atoms with Crippen LogP contribution in [0.25, 0.3) is 0 Å². The molecule has 120 valence electrons. The summed E-state index contributed by atoms with van der Waals surface area (Å²) in [6.45, 7) is 1.36. The molecule has 0 radical (unpaired) electrons. The van der Waals surface area contributed by atoms with Gasteiger partial charge < -0.3 is 10.1 Å². The quantitative estimate of drug-likeness (QED) is 0.937. The molecule has 23 heavy (non-hydrogen) atoms. The molecule has 1 aromatic heterocycles. The van der Waals surface area contributed by atoms with Gasteiger partial charge in [0.2, 0.25) is 5.91 Å². The highest BCUT2D eigenvalue weighted by molar-refractivity contribution is 5.84. The Hall–Kier alpha value is -2.30. The first kappa shape index (κ1) is 14.3. The minimum atomic E-state index is 0.00541. The number of ether oxygens (including phenoxy) is 1. The smallest absolute Gasteiger partial charge is 0.224 e. The highest BCUT2D eigenvalue weighted by Crippen LogP contribution is 2.60. The van der Waals surface area contributed by atoms with Gasteiger partial charge in [-0.1, -0.05) is 18.2 Å². The summed E-state index contributed by atoms with van der Waals surface area (Å²) in [7, 11) is 1.92. The minimum absolute atomic E-state index is 0.00541. The average molecular weight is 311 g/mol. The molecular weight excluding hydrogens is 290 g/mol. The fourth-order valence-corrected chi connectivity index (χ4v) is 3.79. The van der Waals surface area contributed by atoms with Crippen LogP contribution in [0.3, 0.4) is 0 Å². The maximum absolute atomic E-state index is 12.5. The Morgan fingerprint density at radius 2 is 2.30 bits per heavy atom. The van der Waals surface area contributed by atoms with Crippen molar-refractivity contribution in [2.24, 2.45) is 13.0 Å². The van der Waals surface area contributed by atoms with Crippen molar-refractivity contribution in [1.29, 1.82) is 0 Å². The average Bonchev–Trinajstić information content (AvgIpc) is 3.14. The molecule has 1 aliphatic carbocycles. The highest BCUT2D eigenvalue weighted by Gasteiger charge is 2.60. The summed E-state index contributed by atoms with van der Waals surface area (Å²) < 4.78 is 7.58. The number of nitrogens with zero attached hydrogens (tertiary/aromatic N) is 2. The lowest BCUT2D eigenvalue weighted by molar-refractivity contribution is -0.122. The molecule has 0 unspecified atom stereocenters. The second-order valence-corrected chi connectivity index (χ2v) is 6.49. The van der Waals surface area contributed by atoms with Crippen LogP contribution in [0.15, 0.2) is 36.5 Å². The van der Waals surface area contributed by atoms with Crippen LogP contribution in [-0.4, -0.2) is 28.8 Å². The molecule has 4 rings (SSSR count). The van der Waals surface area contributed by atoms with Gasteiger partial charge in [0.05, 0.1) is 6.61 Å². The normalized spacial score (nSPS) is 24.8. The summed E-state index contributed by atoms with van der Waals surface area (Å²) in [5.41, 5.74) is 2.34. The van der Waals surface area contributed by atoms with Gasteiger partial charge in [0.25, 0.3) is 0 Å². The minimum Gasteiger partial charge on any atom is -0.493 e. The van der Waals surface area contributed by atoms with E-state index in [1.54, 1.807) is 6.20 Å². The van der Waals surface area contributed by atoms with Crippen molar-refractivity contribution in [2.45, 2.75) is 24.7 Å². The van der Waals surface area contributed by atoms with E-state index >= 15 is 0 Å². The van der Waals surface area contributed by atoms with Crippen LogP contribution >= 0.6 is 0 Å². The Bertz CT molecular complexity index is 739. The fourth-order valence-electron chi connectivity index (χ4n) is 3.79. The molecule has 2 atom stereocenters. The van der Waals surface area contributed by atoms with E-state index in [0.717, 1.165) is 30.7 Å². The molecule has 2 heterocycles. The number of para-hydroxylation sites is 1. The van der Waals surface area contributed by atoms with Crippen molar-refractivity contribution >= 4 is 5.91 Å². The van der Waals surface area contributed by atoms with Gasteiger partial charge in [-0.05, 0) is 25.0 Å². The van der Waals surface area contributed by atoms with E-state index in [0.29, 0.717) is 13.2 Å². The van der Waals surface area contributed by atoms with Crippen LogP contribution in [0.5, 0.6) is 5.75 Å². The first-order valence-electron chi connectivity index (χ1n) is 8.18. The highest BCUT2D eigenvalue weighted by atomic mass is 16.5. The third-order valence-corrected chi connectivity index (χ3v) is 5.22. The molecule has 5 nitrogen and oxygen atoms in total. The van der Waals surface area contributed by atoms with Crippen molar-refractivity contribution in [3.8, 4) is 5.75 Å². The summed E-state index contributed by atoms with van der Waals surface area (Å²) in [6, 6.07) is 10.1. The molecule has 1 aromatic carbocycles. The van der Waals surface area contributed by atoms with Crippen molar-refractivity contribution in [3.63, 3.8) is 0 Å². The number of nitrogens with one attached hydrogen (secondary N) is 1. The lowest BCUT2D eigenvalue weighted by Gasteiger charge is -2.26. The standard InChI is InChI=1S/C18H21N3O2/c1-21-13(7-10-20-21)6-9-19-17(22)15-12-18(15)8-11-23-16-5-3-2-4-14(16)18/h2-5,7,10,15H,6,8-9,11-12H2,1H3,(H,19,22)/t15-,18-/m0/s1. The van der Waals surface area contributed by atoms with E-state index in [1.807, 2.05) is 36.0 Å². The number of aryl methyl sites for hydroxylation is 1. The van der Waals surface area contributed by atoms with Gasteiger partial charge in [0, 0.05) is 48.8 Å². The van der Waals surface area contributed by atoms with Crippen LogP contribution < -0.4 is 10.1 Å². The van der Waals surface area contributed by atoms with Crippen molar-refractivity contribution in [1.82, 2.24) is 15.1 Å². The molecular formula is C18H21N3O2. The molecule has 1 saturated carbocycles. The lowest BCUT2D eigenvalue weighted by Crippen LogP contribution is -2.32. The monoisotopic (exact) mass is 311 g/mol. The van der Waals surface area contributed by atoms with Gasteiger partial charge in [0.1, 0.15) is 5.75 Å². The maximum Gasteiger partial charge on any atom is 0.224 e. The topological polar surface area (TPSA) is 56.2 Å². The number of hydrogen-bond donors (Lipinski definition) is 1. The van der Waals surface area contributed by atoms with E-state index in [9.17, 15) is 4.79 Å². The largest absolute Gasteiger partial charge is 0.493 e. The number of aromatic nitrogens is 2. The molecule has 0 bridgehead atoms. The predicted octanol–water partition coefficient (Wildman–Crippen LogP) is 1.82. The van der Waals surface area contributed by atoms with Crippen LogP contribution in [0, 0.1) is 5.92 Å². The predicted molar refractivity (Wildman–Crippen MR) is 86.3 cm³/mol. The summed E-state index contributed by atoms with van der Waals surface area (Å²) in [5.74, 6) is 1.20. The zero-order valence-corrected chi connectivity index (χ0v) is 13.3. The van der Waals surface area contributed by atoms with Gasteiger partial charge in [-0.25, -0.2) is 0 Å². The maximum atomic E-state index is 12.5. The van der Waals surface area contributed by atoms with E-state index in [4.69, 9.17) is 4.74 Å². The molecule has 2 aromatic rings. The number of benzene rings is 1. The van der Waals surface area contributed by atoms with Crippen LogP contribution in [-0.2, 0) is 23.7 Å². The second-order valence-electron chi connectivity index (χ2n) is 6.49. The van der Waals surface area contributed by atoms with Crippen LogP contribution in [0.4, 0.5) is 0 Å². The van der Waals surface area contributed by atoms with E-state index < -0.39 is 0 Å². The molecule has 0 saturated heterocycles. The number of rotatable bonds is 4. The molecule has 5 heteroatoms. The third kappa shape index (κ3) is 2.40. The molecule has 1 spiro atoms. The van der Waals surface area contributed by atoms with Crippen molar-refractivity contribution in [3.05, 3.63) is 47.8 Å². The summed E-state index contributed by atoms with van der Waals surface area (Å²) in [6.07, 6.45) is 4.46. The number of amides is 1. The van der Waals surface area contributed by atoms with E-state index in [2.05, 4.69) is 16.5 Å². The van der Waals surface area contributed by atoms with Gasteiger partial charge in [-0.2, -0.15) is 5.10 Å². The van der Waals surface area contributed by atoms with Gasteiger partial charge in [0.15, 0.2) is 0 Å². The van der Waals surface area contributed by atoms with Gasteiger partial charge in [-0.15, -0.1) is 0 Å². The van der Waals surface area contributed by atoms with E-state index in [1.165, 1.54) is 5.56 Å². The molecule has 1 amide bonds. The number of carbonyl (C=O) groups excluding carboxylic acids is 1. The lowest BCUT2D eigenvalue weighted by atomic mass is 9.87. The number of hydrogen-bond acceptors (Lipinski definition) is 3. The van der Waals surface area contributed by atoms with E-state index in [-0.39, 0.29) is 17.2 Å². The molecule has 2 aliphatic rings. The molecule has 1 N–H and O–H groups in total. The zero-order valence-electron chi connectivity index (χ0n) is 13.3.